The summed E-state index contributed by atoms with van der Waals surface area (Å²) in [6.07, 6.45) is 0. The summed E-state index contributed by atoms with van der Waals surface area (Å²) in [5, 5.41) is 10.5. The third kappa shape index (κ3) is 4.56. The molecule has 17 heavy (non-hydrogen) atoms. The van der Waals surface area contributed by atoms with E-state index in [-0.39, 0.29) is 16.2 Å². The third-order valence-electron chi connectivity index (χ3n) is 2.04. The molecule has 0 saturated heterocycles. The van der Waals surface area contributed by atoms with Crippen LogP contribution in [0.1, 0.15) is 31.1 Å². The maximum absolute atomic E-state index is 11.8. The zero-order valence-electron chi connectivity index (χ0n) is 10.1. The highest BCUT2D eigenvalue weighted by molar-refractivity contribution is 8.01. The van der Waals surface area contributed by atoms with Crippen molar-refractivity contribution in [2.45, 2.75) is 25.5 Å². The van der Waals surface area contributed by atoms with Gasteiger partial charge < -0.3 is 0 Å². The summed E-state index contributed by atoms with van der Waals surface area (Å²) in [5.41, 5.74) is 0.525. The number of hydrogen-bond donors (Lipinski definition) is 0. The molecule has 0 amide bonds. The highest BCUT2D eigenvalue weighted by Crippen LogP contribution is 2.24. The van der Waals surface area contributed by atoms with Crippen molar-refractivity contribution in [3.8, 4) is 0 Å². The Balaban J connectivity index is 2.67. The van der Waals surface area contributed by atoms with E-state index < -0.39 is 4.92 Å². The molecule has 5 heteroatoms. The van der Waals surface area contributed by atoms with E-state index in [9.17, 15) is 14.9 Å². The van der Waals surface area contributed by atoms with Gasteiger partial charge in [-0.15, -0.1) is 11.8 Å². The molecule has 0 aliphatic rings. The van der Waals surface area contributed by atoms with Crippen molar-refractivity contribution < 1.29 is 9.72 Å². The van der Waals surface area contributed by atoms with Gasteiger partial charge in [-0.05, 0) is 12.1 Å². The molecule has 0 unspecified atom stereocenters. The van der Waals surface area contributed by atoms with E-state index in [0.29, 0.717) is 11.3 Å². The van der Waals surface area contributed by atoms with Crippen molar-refractivity contribution >= 4 is 23.2 Å². The summed E-state index contributed by atoms with van der Waals surface area (Å²) in [4.78, 5) is 21.8. The SMILES string of the molecule is CC(C)(C)SCC(=O)c1ccc([N+](=O)[O-])cc1. The second-order valence-electron chi connectivity index (χ2n) is 4.63. The molecule has 0 heterocycles. The van der Waals surface area contributed by atoms with Crippen molar-refractivity contribution in [2.24, 2.45) is 0 Å². The molecule has 0 N–H and O–H groups in total. The molecule has 0 aliphatic heterocycles. The first kappa shape index (κ1) is 13.7. The van der Waals surface area contributed by atoms with E-state index in [4.69, 9.17) is 0 Å². The van der Waals surface area contributed by atoms with Gasteiger partial charge in [0.15, 0.2) is 5.78 Å². The molecule has 0 spiro atoms. The predicted molar refractivity (Wildman–Crippen MR) is 69.6 cm³/mol. The Hall–Kier alpha value is -1.36. The van der Waals surface area contributed by atoms with Crippen molar-refractivity contribution in [1.29, 1.82) is 0 Å². The zero-order chi connectivity index (χ0) is 13.1. The van der Waals surface area contributed by atoms with Crippen LogP contribution < -0.4 is 0 Å². The first-order chi connectivity index (χ1) is 7.79. The summed E-state index contributed by atoms with van der Waals surface area (Å²) < 4.78 is 0.0381. The number of nitro groups is 1. The maximum atomic E-state index is 11.8. The highest BCUT2D eigenvalue weighted by Gasteiger charge is 2.15. The number of nitro benzene ring substituents is 1. The minimum atomic E-state index is -0.474. The number of non-ortho nitro benzene ring substituents is 1. The van der Waals surface area contributed by atoms with E-state index in [0.717, 1.165) is 0 Å². The van der Waals surface area contributed by atoms with Crippen LogP contribution in [0.25, 0.3) is 0 Å². The zero-order valence-corrected chi connectivity index (χ0v) is 10.9. The van der Waals surface area contributed by atoms with Crippen molar-refractivity contribution in [1.82, 2.24) is 0 Å². The monoisotopic (exact) mass is 253 g/mol. The van der Waals surface area contributed by atoms with Gasteiger partial charge in [0.1, 0.15) is 0 Å². The Kier molecular flexibility index (Phi) is 4.28. The lowest BCUT2D eigenvalue weighted by Gasteiger charge is -2.16. The van der Waals surface area contributed by atoms with Crippen molar-refractivity contribution in [3.63, 3.8) is 0 Å². The van der Waals surface area contributed by atoms with Crippen LogP contribution in [-0.2, 0) is 0 Å². The van der Waals surface area contributed by atoms with E-state index in [1.165, 1.54) is 24.3 Å². The van der Waals surface area contributed by atoms with E-state index in [1.807, 2.05) is 20.8 Å². The first-order valence-corrected chi connectivity index (χ1v) is 6.20. The van der Waals surface area contributed by atoms with Gasteiger partial charge in [-0.3, -0.25) is 14.9 Å². The highest BCUT2D eigenvalue weighted by atomic mass is 32.2. The molecule has 0 atom stereocenters. The molecule has 0 saturated carbocycles. The van der Waals surface area contributed by atoms with Gasteiger partial charge in [0, 0.05) is 22.4 Å². The fraction of sp³-hybridized carbons (Fsp3) is 0.417. The van der Waals surface area contributed by atoms with E-state index >= 15 is 0 Å². The number of Topliss-reactive ketones (excluding diaryl/α,β-unsaturated/α-hetero) is 1. The Morgan fingerprint density at radius 3 is 2.24 bits per heavy atom. The molecular formula is C12H15NO3S. The lowest BCUT2D eigenvalue weighted by atomic mass is 10.1. The topological polar surface area (TPSA) is 60.2 Å². The average Bonchev–Trinajstić information content (AvgIpc) is 2.25. The molecular weight excluding hydrogens is 238 g/mol. The second-order valence-corrected chi connectivity index (χ2v) is 6.43. The van der Waals surface area contributed by atoms with Gasteiger partial charge in [-0.25, -0.2) is 0 Å². The number of rotatable bonds is 4. The molecule has 0 fully saturated rings. The molecule has 4 nitrogen and oxygen atoms in total. The number of ketones is 1. The molecule has 92 valence electrons. The van der Waals surface area contributed by atoms with Crippen LogP contribution >= 0.6 is 11.8 Å². The Morgan fingerprint density at radius 1 is 1.29 bits per heavy atom. The van der Waals surface area contributed by atoms with E-state index in [1.54, 1.807) is 11.8 Å². The molecule has 1 rings (SSSR count). The van der Waals surface area contributed by atoms with Gasteiger partial charge in [0.05, 0.1) is 10.7 Å². The van der Waals surface area contributed by atoms with Crippen LogP contribution in [0.15, 0.2) is 24.3 Å². The summed E-state index contributed by atoms with van der Waals surface area (Å²) >= 11 is 1.56. The smallest absolute Gasteiger partial charge is 0.269 e. The second kappa shape index (κ2) is 5.31. The standard InChI is InChI=1S/C12H15NO3S/c1-12(2,3)17-8-11(14)9-4-6-10(7-5-9)13(15)16/h4-7H,8H2,1-3H3. The predicted octanol–water partition coefficient (Wildman–Crippen LogP) is 3.31. The Morgan fingerprint density at radius 2 is 1.82 bits per heavy atom. The van der Waals surface area contributed by atoms with Crippen molar-refractivity contribution in [3.05, 3.63) is 39.9 Å². The quantitative estimate of drug-likeness (QED) is 0.469. The molecule has 1 aromatic carbocycles. The normalized spacial score (nSPS) is 11.2. The third-order valence-corrected chi connectivity index (χ3v) is 3.31. The van der Waals surface area contributed by atoms with Crippen LogP contribution in [0.2, 0.25) is 0 Å². The maximum Gasteiger partial charge on any atom is 0.269 e. The van der Waals surface area contributed by atoms with Gasteiger partial charge >= 0.3 is 0 Å². The minimum Gasteiger partial charge on any atom is -0.293 e. The first-order valence-electron chi connectivity index (χ1n) is 5.21. The number of thioether (sulfide) groups is 1. The van der Waals surface area contributed by atoms with Gasteiger partial charge in [0.2, 0.25) is 0 Å². The number of benzene rings is 1. The Bertz CT molecular complexity index is 420. The average molecular weight is 253 g/mol. The number of carbonyl (C=O) groups is 1. The number of nitrogens with zero attached hydrogens (tertiary/aromatic N) is 1. The van der Waals surface area contributed by atoms with Crippen LogP contribution in [0.3, 0.4) is 0 Å². The molecule has 1 aromatic rings. The van der Waals surface area contributed by atoms with E-state index in [2.05, 4.69) is 0 Å². The Labute approximate surface area is 105 Å². The van der Waals surface area contributed by atoms with Gasteiger partial charge in [-0.2, -0.15) is 0 Å². The van der Waals surface area contributed by atoms with Crippen LogP contribution in [0.5, 0.6) is 0 Å². The summed E-state index contributed by atoms with van der Waals surface area (Å²) in [6, 6.07) is 5.72. The molecule has 0 radical (unpaired) electrons. The number of hydrogen-bond acceptors (Lipinski definition) is 4. The van der Waals surface area contributed by atoms with Gasteiger partial charge in [0.25, 0.3) is 5.69 Å². The summed E-state index contributed by atoms with van der Waals surface area (Å²) in [7, 11) is 0. The van der Waals surface area contributed by atoms with Crippen LogP contribution in [0, 0.1) is 10.1 Å². The number of carbonyl (C=O) groups excluding carboxylic acids is 1. The summed E-state index contributed by atoms with van der Waals surface area (Å²) in [5.74, 6) is 0.390. The van der Waals surface area contributed by atoms with Crippen LogP contribution in [0.4, 0.5) is 5.69 Å². The fourth-order valence-electron chi connectivity index (χ4n) is 1.13. The lowest BCUT2D eigenvalue weighted by molar-refractivity contribution is -0.384. The lowest BCUT2D eigenvalue weighted by Crippen LogP contribution is -2.13. The van der Waals surface area contributed by atoms with Crippen LogP contribution in [-0.4, -0.2) is 21.2 Å². The summed E-state index contributed by atoms with van der Waals surface area (Å²) in [6.45, 7) is 6.13. The largest absolute Gasteiger partial charge is 0.293 e. The fourth-order valence-corrected chi connectivity index (χ4v) is 1.87. The molecule has 0 aliphatic carbocycles. The molecule has 0 bridgehead atoms. The van der Waals surface area contributed by atoms with Gasteiger partial charge in [-0.1, -0.05) is 20.8 Å². The molecule has 0 aromatic heterocycles. The van der Waals surface area contributed by atoms with Crippen molar-refractivity contribution in [2.75, 3.05) is 5.75 Å². The minimum absolute atomic E-state index is 0.000164.